The normalized spacial score (nSPS) is 24.2. The number of hydrogen-bond acceptors (Lipinski definition) is 4. The molecule has 1 aromatic heterocycles. The van der Waals surface area contributed by atoms with Gasteiger partial charge < -0.3 is 9.47 Å². The average Bonchev–Trinajstić information content (AvgIpc) is 2.77. The van der Waals surface area contributed by atoms with Crippen molar-refractivity contribution in [2.45, 2.75) is 55.9 Å². The van der Waals surface area contributed by atoms with Crippen molar-refractivity contribution in [2.24, 2.45) is 11.8 Å². The van der Waals surface area contributed by atoms with E-state index in [0.717, 1.165) is 31.1 Å². The molecule has 0 spiro atoms. The summed E-state index contributed by atoms with van der Waals surface area (Å²) >= 11 is 5.87. The lowest BCUT2D eigenvalue weighted by Gasteiger charge is -2.44. The second-order valence-corrected chi connectivity index (χ2v) is 11.8. The minimum absolute atomic E-state index is 0.0826. The molecule has 8 heteroatoms. The van der Waals surface area contributed by atoms with Gasteiger partial charge in [0.15, 0.2) is 0 Å². The van der Waals surface area contributed by atoms with Gasteiger partial charge in [-0.25, -0.2) is 8.42 Å². The largest absolute Gasteiger partial charge is 0.310 e. The highest BCUT2D eigenvalue weighted by atomic mass is 35.5. The van der Waals surface area contributed by atoms with Crippen molar-refractivity contribution in [3.8, 4) is 0 Å². The van der Waals surface area contributed by atoms with Crippen LogP contribution in [0, 0.1) is 11.8 Å². The van der Waals surface area contributed by atoms with Crippen LogP contribution in [0.25, 0.3) is 0 Å². The molecule has 172 valence electrons. The molecule has 1 aliphatic carbocycles. The van der Waals surface area contributed by atoms with Crippen molar-refractivity contribution in [1.29, 1.82) is 0 Å². The summed E-state index contributed by atoms with van der Waals surface area (Å²) in [6, 6.07) is 9.48. The Bertz CT molecular complexity index is 1140. The predicted molar refractivity (Wildman–Crippen MR) is 127 cm³/mol. The van der Waals surface area contributed by atoms with E-state index in [-0.39, 0.29) is 16.1 Å². The summed E-state index contributed by atoms with van der Waals surface area (Å²) in [4.78, 5) is 15.9. The van der Waals surface area contributed by atoms with E-state index in [1.165, 1.54) is 62.9 Å². The third-order valence-corrected chi connectivity index (χ3v) is 8.92. The Kier molecular flexibility index (Phi) is 6.07. The highest BCUT2D eigenvalue weighted by molar-refractivity contribution is 7.92. The molecule has 2 bridgehead atoms. The first-order valence-electron chi connectivity index (χ1n) is 11.6. The van der Waals surface area contributed by atoms with Crippen molar-refractivity contribution in [3.63, 3.8) is 0 Å². The number of rotatable bonds is 5. The zero-order chi connectivity index (χ0) is 22.3. The van der Waals surface area contributed by atoms with Crippen LogP contribution in [0.4, 0.5) is 5.69 Å². The highest BCUT2D eigenvalue weighted by Gasteiger charge is 2.36. The average molecular weight is 476 g/mol. The van der Waals surface area contributed by atoms with Gasteiger partial charge in [-0.05, 0) is 67.5 Å². The second kappa shape index (κ2) is 8.84. The van der Waals surface area contributed by atoms with E-state index >= 15 is 0 Å². The number of benzene rings is 1. The van der Waals surface area contributed by atoms with Gasteiger partial charge in [0.05, 0.1) is 4.90 Å². The van der Waals surface area contributed by atoms with Crippen molar-refractivity contribution >= 4 is 27.3 Å². The van der Waals surface area contributed by atoms with Gasteiger partial charge in [0.1, 0.15) is 5.69 Å². The molecule has 1 aromatic carbocycles. The molecule has 2 aromatic rings. The maximum Gasteiger partial charge on any atom is 0.275 e. The molecule has 0 unspecified atom stereocenters. The van der Waals surface area contributed by atoms with Crippen molar-refractivity contribution in [1.82, 2.24) is 9.47 Å². The van der Waals surface area contributed by atoms with Gasteiger partial charge in [0, 0.05) is 42.8 Å². The fourth-order valence-corrected chi connectivity index (χ4v) is 7.01. The van der Waals surface area contributed by atoms with E-state index in [1.807, 2.05) is 6.07 Å². The van der Waals surface area contributed by atoms with Crippen LogP contribution in [0.3, 0.4) is 0 Å². The van der Waals surface area contributed by atoms with Crippen LogP contribution in [0.5, 0.6) is 0 Å². The van der Waals surface area contributed by atoms with Gasteiger partial charge in [0.25, 0.3) is 15.6 Å². The summed E-state index contributed by atoms with van der Waals surface area (Å²) in [5.41, 5.74) is 0.882. The van der Waals surface area contributed by atoms with Crippen LogP contribution < -0.4 is 10.3 Å². The number of sulfonamides is 1. The van der Waals surface area contributed by atoms with Crippen LogP contribution in [-0.2, 0) is 16.6 Å². The number of aromatic nitrogens is 1. The Balaban J connectivity index is 1.35. The fraction of sp³-hybridized carbons (Fsp3) is 0.542. The van der Waals surface area contributed by atoms with E-state index < -0.39 is 10.0 Å². The molecular weight excluding hydrogens is 446 g/mol. The van der Waals surface area contributed by atoms with E-state index in [4.69, 9.17) is 11.6 Å². The first-order valence-corrected chi connectivity index (χ1v) is 13.5. The van der Waals surface area contributed by atoms with Gasteiger partial charge in [-0.1, -0.05) is 30.9 Å². The number of anilines is 1. The number of fused-ring (bicyclic) bond motifs is 4. The maximum absolute atomic E-state index is 13.2. The molecule has 32 heavy (non-hydrogen) atoms. The minimum atomic E-state index is -3.85. The van der Waals surface area contributed by atoms with Gasteiger partial charge in [-0.3, -0.25) is 9.52 Å². The Morgan fingerprint density at radius 2 is 1.72 bits per heavy atom. The number of pyridine rings is 1. The highest BCUT2D eigenvalue weighted by Crippen LogP contribution is 2.36. The first kappa shape index (κ1) is 22.0. The van der Waals surface area contributed by atoms with Gasteiger partial charge in [-0.2, -0.15) is 0 Å². The van der Waals surface area contributed by atoms with Gasteiger partial charge >= 0.3 is 0 Å². The number of nitrogens with one attached hydrogen (secondary N) is 1. The molecule has 0 radical (unpaired) electrons. The molecule has 2 fully saturated rings. The summed E-state index contributed by atoms with van der Waals surface area (Å²) in [6.45, 7) is 3.85. The molecule has 1 saturated heterocycles. The van der Waals surface area contributed by atoms with E-state index in [9.17, 15) is 13.2 Å². The third kappa shape index (κ3) is 4.47. The summed E-state index contributed by atoms with van der Waals surface area (Å²) < 4.78 is 29.8. The molecule has 0 amide bonds. The van der Waals surface area contributed by atoms with Crippen LogP contribution in [0.2, 0.25) is 5.02 Å². The zero-order valence-electron chi connectivity index (χ0n) is 18.2. The Morgan fingerprint density at radius 3 is 2.47 bits per heavy atom. The Hall–Kier alpha value is -1.83. The number of hydrogen-bond donors (Lipinski definition) is 1. The molecule has 3 aliphatic rings. The summed E-state index contributed by atoms with van der Waals surface area (Å²) in [6.07, 6.45) is 7.90. The standard InChI is InChI=1S/C24H30ClN3O3S/c25-20-6-8-21(9-7-20)32(30,31)26-22-10-11-23-19-12-18(15-28(23)24(22)29)14-27(16-19)13-17-4-2-1-3-5-17/h6-11,17-19,26H,1-5,12-16H2/t18-,19+/m0/s1. The minimum Gasteiger partial charge on any atom is -0.310 e. The van der Waals surface area contributed by atoms with Gasteiger partial charge in [-0.15, -0.1) is 0 Å². The second-order valence-electron chi connectivity index (χ2n) is 9.67. The van der Waals surface area contributed by atoms with Crippen molar-refractivity contribution in [2.75, 3.05) is 24.4 Å². The quantitative estimate of drug-likeness (QED) is 0.699. The van der Waals surface area contributed by atoms with Crippen LogP contribution in [0.1, 0.15) is 50.1 Å². The molecule has 1 saturated carbocycles. The third-order valence-electron chi connectivity index (χ3n) is 7.29. The molecule has 2 aliphatic heterocycles. The number of nitrogens with zero attached hydrogens (tertiary/aromatic N) is 2. The summed E-state index contributed by atoms with van der Waals surface area (Å²) in [7, 11) is -3.85. The zero-order valence-corrected chi connectivity index (χ0v) is 19.7. The topological polar surface area (TPSA) is 71.4 Å². The number of piperidine rings is 1. The fourth-order valence-electron chi connectivity index (χ4n) is 5.82. The number of halogens is 1. The lowest BCUT2D eigenvalue weighted by atomic mass is 9.81. The van der Waals surface area contributed by atoms with Crippen molar-refractivity contribution < 1.29 is 8.42 Å². The number of likely N-dealkylation sites (tertiary alicyclic amines) is 1. The smallest absolute Gasteiger partial charge is 0.275 e. The molecule has 6 nitrogen and oxygen atoms in total. The SMILES string of the molecule is O=c1c(NS(=O)(=O)c2ccc(Cl)cc2)ccc2n1C[C@H]1C[C@@H]2CN(CC2CCCCC2)C1. The van der Waals surface area contributed by atoms with Crippen LogP contribution in [0.15, 0.2) is 46.1 Å². The van der Waals surface area contributed by atoms with Crippen LogP contribution in [-0.4, -0.2) is 37.5 Å². The predicted octanol–water partition coefficient (Wildman–Crippen LogP) is 4.30. The van der Waals surface area contributed by atoms with Gasteiger partial charge in [0.2, 0.25) is 0 Å². The monoisotopic (exact) mass is 475 g/mol. The Morgan fingerprint density at radius 1 is 0.969 bits per heavy atom. The first-order chi connectivity index (χ1) is 15.4. The van der Waals surface area contributed by atoms with Crippen LogP contribution >= 0.6 is 11.6 Å². The molecule has 1 N–H and O–H groups in total. The molecular formula is C24H30ClN3O3S. The molecule has 5 rings (SSSR count). The van der Waals surface area contributed by atoms with Crippen molar-refractivity contribution in [3.05, 3.63) is 57.5 Å². The Labute approximate surface area is 194 Å². The maximum atomic E-state index is 13.2. The van der Waals surface area contributed by atoms with E-state index in [1.54, 1.807) is 10.6 Å². The summed E-state index contributed by atoms with van der Waals surface area (Å²) in [5, 5.41) is 0.460. The van der Waals surface area contributed by atoms with E-state index in [0.29, 0.717) is 23.4 Å². The van der Waals surface area contributed by atoms with E-state index in [2.05, 4.69) is 9.62 Å². The lowest BCUT2D eigenvalue weighted by Crippen LogP contribution is -2.48. The molecule has 3 heterocycles. The molecule has 2 atom stereocenters. The summed E-state index contributed by atoms with van der Waals surface area (Å²) in [5.74, 6) is 1.58. The lowest BCUT2D eigenvalue weighted by molar-refractivity contribution is 0.0968.